The average molecular weight is 500 g/mol. The van der Waals surface area contributed by atoms with Crippen molar-refractivity contribution >= 4 is 23.3 Å². The van der Waals surface area contributed by atoms with Crippen molar-refractivity contribution in [3.05, 3.63) is 89.0 Å². The maximum Gasteiger partial charge on any atom is 0.254 e. The number of allylic oxidation sites excluding steroid dienone is 1. The third-order valence-electron chi connectivity index (χ3n) is 7.82. The van der Waals surface area contributed by atoms with Crippen molar-refractivity contribution in [2.24, 2.45) is 5.92 Å². The van der Waals surface area contributed by atoms with E-state index in [9.17, 15) is 14.4 Å². The monoisotopic (exact) mass is 499 g/mol. The molecule has 1 aliphatic heterocycles. The van der Waals surface area contributed by atoms with Gasteiger partial charge in [-0.15, -0.1) is 0 Å². The molecular formula is C31H37N3O3. The van der Waals surface area contributed by atoms with Gasteiger partial charge in [0.15, 0.2) is 0 Å². The smallest absolute Gasteiger partial charge is 0.254 e. The summed E-state index contributed by atoms with van der Waals surface area (Å²) >= 11 is 0. The molecule has 0 N–H and O–H groups in total. The second-order valence-corrected chi connectivity index (χ2v) is 10.5. The van der Waals surface area contributed by atoms with Crippen LogP contribution in [0.1, 0.15) is 65.0 Å². The predicted octanol–water partition coefficient (Wildman–Crippen LogP) is 4.84. The van der Waals surface area contributed by atoms with Crippen LogP contribution in [0.15, 0.2) is 66.8 Å². The summed E-state index contributed by atoms with van der Waals surface area (Å²) in [6.07, 6.45) is 2.90. The molecule has 4 rings (SSSR count). The predicted molar refractivity (Wildman–Crippen MR) is 147 cm³/mol. The van der Waals surface area contributed by atoms with Gasteiger partial charge in [-0.25, -0.2) is 0 Å². The normalized spacial score (nSPS) is 21.4. The number of carbonyl (C=O) groups is 3. The van der Waals surface area contributed by atoms with Crippen molar-refractivity contribution in [1.29, 1.82) is 0 Å². The molecule has 1 heterocycles. The Morgan fingerprint density at radius 2 is 1.65 bits per heavy atom. The maximum absolute atomic E-state index is 13.8. The van der Waals surface area contributed by atoms with E-state index in [1.807, 2.05) is 65.3 Å². The zero-order valence-electron chi connectivity index (χ0n) is 22.5. The number of fused-ring (bicyclic) bond motifs is 1. The Morgan fingerprint density at radius 3 is 2.30 bits per heavy atom. The first-order valence-electron chi connectivity index (χ1n) is 13.0. The summed E-state index contributed by atoms with van der Waals surface area (Å²) in [7, 11) is 3.52. The zero-order valence-corrected chi connectivity index (χ0v) is 22.5. The summed E-state index contributed by atoms with van der Waals surface area (Å²) in [5, 5.41) is 0. The quantitative estimate of drug-likeness (QED) is 0.566. The third-order valence-corrected chi connectivity index (χ3v) is 7.82. The lowest BCUT2D eigenvalue weighted by molar-refractivity contribution is -0.130. The molecular weight excluding hydrogens is 462 g/mol. The van der Waals surface area contributed by atoms with Crippen LogP contribution in [0.5, 0.6) is 0 Å². The number of hydrogen-bond acceptors (Lipinski definition) is 3. The third kappa shape index (κ3) is 5.10. The number of nitrogens with zero attached hydrogens (tertiary/aromatic N) is 3. The van der Waals surface area contributed by atoms with Gasteiger partial charge in [0.05, 0.1) is 0 Å². The fourth-order valence-corrected chi connectivity index (χ4v) is 5.40. The molecule has 2 aromatic rings. The zero-order chi connectivity index (χ0) is 26.9. The number of carbonyl (C=O) groups excluding carboxylic acids is 3. The highest BCUT2D eigenvalue weighted by Gasteiger charge is 2.34. The Labute approximate surface area is 220 Å². The highest BCUT2D eigenvalue weighted by molar-refractivity contribution is 6.10. The Bertz CT molecular complexity index is 1250. The van der Waals surface area contributed by atoms with Crippen LogP contribution >= 0.6 is 0 Å². The van der Waals surface area contributed by atoms with Crippen LogP contribution in [-0.4, -0.2) is 72.2 Å². The van der Waals surface area contributed by atoms with Gasteiger partial charge < -0.3 is 14.7 Å². The first-order valence-corrected chi connectivity index (χ1v) is 13.0. The Hall–Kier alpha value is -3.67. The van der Waals surface area contributed by atoms with Crippen molar-refractivity contribution in [1.82, 2.24) is 14.7 Å². The largest absolute Gasteiger partial charge is 0.345 e. The number of hydrogen-bond donors (Lipinski definition) is 0. The van der Waals surface area contributed by atoms with E-state index in [-0.39, 0.29) is 29.7 Å². The highest BCUT2D eigenvalue weighted by Crippen LogP contribution is 2.41. The van der Waals surface area contributed by atoms with Crippen molar-refractivity contribution in [3.8, 4) is 0 Å². The Balaban J connectivity index is 1.59. The molecule has 0 aromatic heterocycles. The molecule has 6 nitrogen and oxygen atoms in total. The van der Waals surface area contributed by atoms with Crippen molar-refractivity contribution in [3.63, 3.8) is 0 Å². The summed E-state index contributed by atoms with van der Waals surface area (Å²) in [5.41, 5.74) is 4.47. The molecule has 1 saturated heterocycles. The first-order chi connectivity index (χ1) is 17.6. The molecule has 0 radical (unpaired) electrons. The molecule has 3 amide bonds. The maximum atomic E-state index is 13.8. The molecule has 0 spiro atoms. The lowest BCUT2D eigenvalue weighted by atomic mass is 9.82. The van der Waals surface area contributed by atoms with Crippen LogP contribution in [0.2, 0.25) is 0 Å². The first kappa shape index (κ1) is 26.4. The van der Waals surface area contributed by atoms with Gasteiger partial charge in [-0.05, 0) is 60.1 Å². The minimum Gasteiger partial charge on any atom is -0.345 e. The van der Waals surface area contributed by atoms with Crippen molar-refractivity contribution in [2.45, 2.75) is 39.2 Å². The second-order valence-electron chi connectivity index (χ2n) is 10.5. The van der Waals surface area contributed by atoms with E-state index in [2.05, 4.69) is 26.5 Å². The van der Waals surface area contributed by atoms with Crippen LogP contribution < -0.4 is 0 Å². The molecule has 3 atom stereocenters. The van der Waals surface area contributed by atoms with Crippen LogP contribution in [0.4, 0.5) is 0 Å². The molecule has 6 heteroatoms. The molecule has 1 aliphatic carbocycles. The van der Waals surface area contributed by atoms with Gasteiger partial charge in [-0.3, -0.25) is 14.4 Å². The molecule has 2 unspecified atom stereocenters. The molecule has 194 valence electrons. The fourth-order valence-electron chi connectivity index (χ4n) is 5.40. The number of piperazine rings is 1. The lowest BCUT2D eigenvalue weighted by Crippen LogP contribution is -2.55. The molecule has 1 fully saturated rings. The molecule has 0 bridgehead atoms. The number of benzene rings is 2. The summed E-state index contributed by atoms with van der Waals surface area (Å²) in [6, 6.07) is 14.9. The Kier molecular flexibility index (Phi) is 7.67. The van der Waals surface area contributed by atoms with Gasteiger partial charge in [0, 0.05) is 56.5 Å². The van der Waals surface area contributed by atoms with Crippen LogP contribution in [0.3, 0.4) is 0 Å². The van der Waals surface area contributed by atoms with Crippen molar-refractivity contribution in [2.75, 3.05) is 33.7 Å². The van der Waals surface area contributed by atoms with Gasteiger partial charge in [0.1, 0.15) is 0 Å². The topological polar surface area (TPSA) is 60.9 Å². The van der Waals surface area contributed by atoms with E-state index in [0.717, 1.165) is 23.1 Å². The van der Waals surface area contributed by atoms with Gasteiger partial charge in [0.25, 0.3) is 17.7 Å². The van der Waals surface area contributed by atoms with Crippen molar-refractivity contribution < 1.29 is 14.4 Å². The lowest BCUT2D eigenvalue weighted by Gasteiger charge is -2.40. The summed E-state index contributed by atoms with van der Waals surface area (Å²) in [5.74, 6) is 0.282. The number of amides is 3. The molecule has 2 aromatic carbocycles. The van der Waals surface area contributed by atoms with Crippen LogP contribution in [-0.2, 0) is 4.79 Å². The average Bonchev–Trinajstić information content (AvgIpc) is 3.03. The molecule has 37 heavy (non-hydrogen) atoms. The summed E-state index contributed by atoms with van der Waals surface area (Å²) in [6.45, 7) is 12.0. The van der Waals surface area contributed by atoms with Crippen LogP contribution in [0.25, 0.3) is 5.57 Å². The number of rotatable bonds is 4. The van der Waals surface area contributed by atoms with E-state index in [1.54, 1.807) is 19.0 Å². The fraction of sp³-hybridized carbons (Fsp3) is 0.387. The van der Waals surface area contributed by atoms with Crippen LogP contribution in [0, 0.1) is 5.92 Å². The van der Waals surface area contributed by atoms with E-state index < -0.39 is 0 Å². The van der Waals surface area contributed by atoms with Gasteiger partial charge in [-0.1, -0.05) is 56.8 Å². The highest BCUT2D eigenvalue weighted by atomic mass is 16.2. The van der Waals surface area contributed by atoms with E-state index in [4.69, 9.17) is 0 Å². The van der Waals surface area contributed by atoms with E-state index >= 15 is 0 Å². The van der Waals surface area contributed by atoms with Gasteiger partial charge >= 0.3 is 0 Å². The minimum absolute atomic E-state index is 0.0140. The molecule has 2 aliphatic rings. The standard InChI is InChI=1S/C31H37N3O3/c1-20-15-16-25(26-13-10-14-27(28(26)22(20)3)31(37)32(5)6)23(4)29(35)34-18-17-33(19-21(34)2)30(36)24-11-8-7-9-12-24/h7-14,16,20-22H,4,15,17-19H2,1-3,5-6H3/t20-,21?,22?/m1/s1. The minimum atomic E-state index is -0.143. The SMILES string of the molecule is C=C(C(=O)N1CCN(C(=O)c2ccccc2)CC1C)C1=CC[C@@H](C)C(C)c2c(C(=O)N(C)C)cccc21. The molecule has 0 saturated carbocycles. The summed E-state index contributed by atoms with van der Waals surface area (Å²) < 4.78 is 0. The summed E-state index contributed by atoms with van der Waals surface area (Å²) in [4.78, 5) is 45.0. The Morgan fingerprint density at radius 1 is 0.946 bits per heavy atom. The van der Waals surface area contributed by atoms with Gasteiger partial charge in [-0.2, -0.15) is 0 Å². The van der Waals surface area contributed by atoms with E-state index in [0.29, 0.717) is 42.3 Å². The van der Waals surface area contributed by atoms with E-state index in [1.165, 1.54) is 0 Å². The second kappa shape index (κ2) is 10.8. The van der Waals surface area contributed by atoms with Gasteiger partial charge in [0.2, 0.25) is 0 Å².